The van der Waals surface area contributed by atoms with Gasteiger partial charge in [0.15, 0.2) is 0 Å². The SMILES string of the molecule is Cc1nc(CO[C@H]2CCOC3(C2)CN(C(=O)CC(C)C)C3)cs1. The maximum Gasteiger partial charge on any atom is 0.223 e. The van der Waals surface area contributed by atoms with Crippen molar-refractivity contribution in [3.63, 3.8) is 0 Å². The monoisotopic (exact) mass is 338 g/mol. The molecule has 1 aromatic heterocycles. The van der Waals surface area contributed by atoms with Gasteiger partial charge in [0, 0.05) is 24.8 Å². The fourth-order valence-corrected chi connectivity index (χ4v) is 3.92. The molecular weight excluding hydrogens is 312 g/mol. The normalized spacial score (nSPS) is 23.3. The van der Waals surface area contributed by atoms with Crippen molar-refractivity contribution in [2.24, 2.45) is 5.92 Å². The summed E-state index contributed by atoms with van der Waals surface area (Å²) in [5.74, 6) is 0.652. The number of carbonyl (C=O) groups is 1. The number of nitrogens with zero attached hydrogens (tertiary/aromatic N) is 2. The second-order valence-electron chi connectivity index (χ2n) is 7.16. The Morgan fingerprint density at radius 2 is 2.35 bits per heavy atom. The molecule has 2 aliphatic rings. The highest BCUT2D eigenvalue weighted by Gasteiger charge is 2.49. The molecule has 23 heavy (non-hydrogen) atoms. The lowest BCUT2D eigenvalue weighted by Crippen LogP contribution is -2.67. The van der Waals surface area contributed by atoms with Crippen LogP contribution in [0.15, 0.2) is 5.38 Å². The Balaban J connectivity index is 1.46. The first-order chi connectivity index (χ1) is 11.0. The van der Waals surface area contributed by atoms with E-state index in [1.807, 2.05) is 11.8 Å². The minimum Gasteiger partial charge on any atom is -0.372 e. The molecule has 1 aromatic rings. The van der Waals surface area contributed by atoms with E-state index in [1.165, 1.54) is 0 Å². The summed E-state index contributed by atoms with van der Waals surface area (Å²) in [6, 6.07) is 0. The smallest absolute Gasteiger partial charge is 0.223 e. The first kappa shape index (κ1) is 16.9. The maximum absolute atomic E-state index is 12.1. The van der Waals surface area contributed by atoms with E-state index >= 15 is 0 Å². The summed E-state index contributed by atoms with van der Waals surface area (Å²) in [7, 11) is 0. The zero-order valence-electron chi connectivity index (χ0n) is 14.2. The molecule has 2 saturated heterocycles. The van der Waals surface area contributed by atoms with E-state index < -0.39 is 0 Å². The number of amides is 1. The summed E-state index contributed by atoms with van der Waals surface area (Å²) in [6.45, 7) is 8.88. The van der Waals surface area contributed by atoms with Gasteiger partial charge in [-0.05, 0) is 19.3 Å². The van der Waals surface area contributed by atoms with Crippen molar-refractivity contribution >= 4 is 17.2 Å². The van der Waals surface area contributed by atoms with Gasteiger partial charge in [0.1, 0.15) is 5.60 Å². The zero-order valence-corrected chi connectivity index (χ0v) is 15.0. The van der Waals surface area contributed by atoms with Gasteiger partial charge in [-0.15, -0.1) is 11.3 Å². The van der Waals surface area contributed by atoms with Gasteiger partial charge in [-0.3, -0.25) is 4.79 Å². The fraction of sp³-hybridized carbons (Fsp3) is 0.765. The highest BCUT2D eigenvalue weighted by molar-refractivity contribution is 7.09. The minimum absolute atomic E-state index is 0.173. The molecule has 0 N–H and O–H groups in total. The molecule has 128 valence electrons. The van der Waals surface area contributed by atoms with Gasteiger partial charge >= 0.3 is 0 Å². The van der Waals surface area contributed by atoms with E-state index in [1.54, 1.807) is 11.3 Å². The number of likely N-dealkylation sites (tertiary alicyclic amines) is 1. The number of carbonyl (C=O) groups excluding carboxylic acids is 1. The molecule has 0 aliphatic carbocycles. The highest BCUT2D eigenvalue weighted by Crippen LogP contribution is 2.36. The van der Waals surface area contributed by atoms with Gasteiger partial charge in [-0.2, -0.15) is 0 Å². The summed E-state index contributed by atoms with van der Waals surface area (Å²) in [5.41, 5.74) is 0.837. The van der Waals surface area contributed by atoms with E-state index in [0.717, 1.165) is 23.5 Å². The molecule has 2 aliphatic heterocycles. The number of aromatic nitrogens is 1. The number of ether oxygens (including phenoxy) is 2. The lowest BCUT2D eigenvalue weighted by molar-refractivity contribution is -0.203. The largest absolute Gasteiger partial charge is 0.372 e. The van der Waals surface area contributed by atoms with Gasteiger partial charge in [-0.1, -0.05) is 13.8 Å². The summed E-state index contributed by atoms with van der Waals surface area (Å²) >= 11 is 1.65. The number of aryl methyl sites for hydroxylation is 1. The first-order valence-electron chi connectivity index (χ1n) is 8.40. The Hall–Kier alpha value is -0.980. The molecule has 6 heteroatoms. The van der Waals surface area contributed by atoms with Crippen LogP contribution in [-0.4, -0.2) is 47.2 Å². The fourth-order valence-electron chi connectivity index (χ4n) is 3.33. The molecule has 3 rings (SSSR count). The highest BCUT2D eigenvalue weighted by atomic mass is 32.1. The van der Waals surface area contributed by atoms with Crippen LogP contribution in [0.4, 0.5) is 0 Å². The molecule has 1 amide bonds. The van der Waals surface area contributed by atoms with Crippen molar-refractivity contribution in [2.45, 2.75) is 58.3 Å². The molecule has 5 nitrogen and oxygen atoms in total. The van der Waals surface area contributed by atoms with Crippen LogP contribution in [-0.2, 0) is 20.9 Å². The molecule has 0 aromatic carbocycles. The Bertz CT molecular complexity index is 552. The van der Waals surface area contributed by atoms with E-state index in [2.05, 4.69) is 24.2 Å². The Kier molecular flexibility index (Phi) is 5.04. The predicted molar refractivity (Wildman–Crippen MR) is 89.4 cm³/mol. The molecule has 2 fully saturated rings. The standard InChI is InChI=1S/C17H26N2O3S/c1-12(2)6-16(20)19-10-17(11-19)7-15(4-5-22-17)21-8-14-9-23-13(3)18-14/h9,12,15H,4-8,10-11H2,1-3H3/t15-/m0/s1. The predicted octanol–water partition coefficient (Wildman–Crippen LogP) is 2.77. The maximum atomic E-state index is 12.1. The van der Waals surface area contributed by atoms with Crippen LogP contribution in [0.5, 0.6) is 0 Å². The van der Waals surface area contributed by atoms with Crippen molar-refractivity contribution in [3.8, 4) is 0 Å². The number of thiazole rings is 1. The quantitative estimate of drug-likeness (QED) is 0.828. The molecule has 0 saturated carbocycles. The number of hydrogen-bond donors (Lipinski definition) is 0. The van der Waals surface area contributed by atoms with Crippen molar-refractivity contribution in [1.29, 1.82) is 0 Å². The molecule has 0 radical (unpaired) electrons. The van der Waals surface area contributed by atoms with Gasteiger partial charge in [0.2, 0.25) is 5.91 Å². The van der Waals surface area contributed by atoms with Crippen LogP contribution in [0.3, 0.4) is 0 Å². The molecule has 1 spiro atoms. The third kappa shape index (κ3) is 4.11. The van der Waals surface area contributed by atoms with Crippen molar-refractivity contribution in [1.82, 2.24) is 9.88 Å². The molecular formula is C17H26N2O3S. The Labute approximate surface area is 142 Å². The van der Waals surface area contributed by atoms with Crippen molar-refractivity contribution in [2.75, 3.05) is 19.7 Å². The third-order valence-corrected chi connectivity index (χ3v) is 5.30. The van der Waals surface area contributed by atoms with E-state index in [9.17, 15) is 4.79 Å². The van der Waals surface area contributed by atoms with E-state index in [-0.39, 0.29) is 17.6 Å². The summed E-state index contributed by atoms with van der Waals surface area (Å²) in [6.07, 6.45) is 2.62. The van der Waals surface area contributed by atoms with Gasteiger partial charge in [0.25, 0.3) is 0 Å². The molecule has 3 heterocycles. The second-order valence-corrected chi connectivity index (χ2v) is 8.23. The Morgan fingerprint density at radius 1 is 1.57 bits per heavy atom. The summed E-state index contributed by atoms with van der Waals surface area (Å²) in [4.78, 5) is 18.4. The molecule has 0 unspecified atom stereocenters. The number of hydrogen-bond acceptors (Lipinski definition) is 5. The molecule has 0 bridgehead atoms. The summed E-state index contributed by atoms with van der Waals surface area (Å²) in [5, 5.41) is 3.13. The average Bonchev–Trinajstić information content (AvgIpc) is 2.87. The molecule has 1 atom stereocenters. The van der Waals surface area contributed by atoms with Gasteiger partial charge in [0.05, 0.1) is 36.5 Å². The van der Waals surface area contributed by atoms with Crippen LogP contribution >= 0.6 is 11.3 Å². The van der Waals surface area contributed by atoms with Gasteiger partial charge in [-0.25, -0.2) is 4.98 Å². The van der Waals surface area contributed by atoms with Crippen LogP contribution in [0, 0.1) is 12.8 Å². The average molecular weight is 338 g/mol. The lowest BCUT2D eigenvalue weighted by Gasteiger charge is -2.53. The Morgan fingerprint density at radius 3 is 3.00 bits per heavy atom. The second kappa shape index (κ2) is 6.87. The first-order valence-corrected chi connectivity index (χ1v) is 9.28. The topological polar surface area (TPSA) is 51.7 Å². The van der Waals surface area contributed by atoms with E-state index in [4.69, 9.17) is 9.47 Å². The summed E-state index contributed by atoms with van der Waals surface area (Å²) < 4.78 is 12.0. The third-order valence-electron chi connectivity index (χ3n) is 4.47. The van der Waals surface area contributed by atoms with Crippen LogP contribution in [0.1, 0.15) is 43.8 Å². The minimum atomic E-state index is -0.173. The number of rotatable bonds is 5. The van der Waals surface area contributed by atoms with Gasteiger partial charge < -0.3 is 14.4 Å². The van der Waals surface area contributed by atoms with Crippen molar-refractivity contribution < 1.29 is 14.3 Å². The van der Waals surface area contributed by atoms with Crippen LogP contribution in [0.2, 0.25) is 0 Å². The van der Waals surface area contributed by atoms with E-state index in [0.29, 0.717) is 38.6 Å². The van der Waals surface area contributed by atoms with Crippen LogP contribution < -0.4 is 0 Å². The zero-order chi connectivity index (χ0) is 16.4. The lowest BCUT2D eigenvalue weighted by atomic mass is 9.84. The van der Waals surface area contributed by atoms with Crippen molar-refractivity contribution in [3.05, 3.63) is 16.1 Å². The van der Waals surface area contributed by atoms with Crippen LogP contribution in [0.25, 0.3) is 0 Å².